The number of carbonyl (C=O) groups excluding carboxylic acids is 1. The van der Waals surface area contributed by atoms with E-state index in [0.29, 0.717) is 6.54 Å². The topological polar surface area (TPSA) is 73.6 Å². The Morgan fingerprint density at radius 1 is 1.33 bits per heavy atom. The zero-order valence-electron chi connectivity index (χ0n) is 11.8. The van der Waals surface area contributed by atoms with Gasteiger partial charge in [0.15, 0.2) is 0 Å². The first-order valence-electron chi connectivity index (χ1n) is 7.24. The summed E-state index contributed by atoms with van der Waals surface area (Å²) in [6.07, 6.45) is 3.77. The molecule has 3 aromatic rings. The molecule has 0 aliphatic heterocycles. The summed E-state index contributed by atoms with van der Waals surface area (Å²) >= 11 is 0. The Hall–Kier alpha value is -2.56. The number of nitrogens with one attached hydrogen (secondary N) is 3. The van der Waals surface area contributed by atoms with Gasteiger partial charge in [-0.05, 0) is 43.0 Å². The van der Waals surface area contributed by atoms with E-state index in [2.05, 4.69) is 20.5 Å². The van der Waals surface area contributed by atoms with Gasteiger partial charge in [0.1, 0.15) is 0 Å². The lowest BCUT2D eigenvalue weighted by atomic mass is 9.92. The van der Waals surface area contributed by atoms with Gasteiger partial charge in [0.25, 0.3) is 5.91 Å². The molecule has 0 bridgehead atoms. The summed E-state index contributed by atoms with van der Waals surface area (Å²) in [5.41, 5.74) is 6.31. The van der Waals surface area contributed by atoms with Crippen LogP contribution in [0.3, 0.4) is 0 Å². The molecule has 0 unspecified atom stereocenters. The molecule has 0 fully saturated rings. The molecule has 5 nitrogen and oxygen atoms in total. The van der Waals surface area contributed by atoms with Gasteiger partial charge in [0, 0.05) is 23.0 Å². The molecule has 0 atom stereocenters. The Morgan fingerprint density at radius 2 is 2.24 bits per heavy atom. The van der Waals surface area contributed by atoms with E-state index in [9.17, 15) is 4.79 Å². The number of aromatic amines is 2. The van der Waals surface area contributed by atoms with Crippen molar-refractivity contribution in [1.82, 2.24) is 20.5 Å². The van der Waals surface area contributed by atoms with E-state index >= 15 is 0 Å². The molecule has 1 amide bonds. The molecule has 2 heterocycles. The third-order valence-corrected chi connectivity index (χ3v) is 4.12. The summed E-state index contributed by atoms with van der Waals surface area (Å²) in [4.78, 5) is 15.7. The van der Waals surface area contributed by atoms with Crippen LogP contribution in [-0.2, 0) is 12.8 Å². The van der Waals surface area contributed by atoms with Gasteiger partial charge in [-0.1, -0.05) is 6.07 Å². The number of aryl methyl sites for hydroxylation is 2. The van der Waals surface area contributed by atoms with Gasteiger partial charge < -0.3 is 10.3 Å². The highest BCUT2D eigenvalue weighted by Gasteiger charge is 2.24. The van der Waals surface area contributed by atoms with E-state index in [0.717, 1.165) is 40.7 Å². The van der Waals surface area contributed by atoms with Crippen molar-refractivity contribution in [2.75, 3.05) is 6.54 Å². The highest BCUT2D eigenvalue weighted by atomic mass is 16.1. The molecule has 1 aliphatic carbocycles. The van der Waals surface area contributed by atoms with Gasteiger partial charge in [-0.25, -0.2) is 0 Å². The van der Waals surface area contributed by atoms with Crippen molar-refractivity contribution in [2.45, 2.75) is 19.8 Å². The minimum atomic E-state index is -0.0136. The third-order valence-electron chi connectivity index (χ3n) is 4.12. The minimum absolute atomic E-state index is 0.0136. The van der Waals surface area contributed by atoms with Crippen molar-refractivity contribution < 1.29 is 4.79 Å². The molecule has 3 N–H and O–H groups in total. The summed E-state index contributed by atoms with van der Waals surface area (Å²) in [6.45, 7) is 2.56. The number of hydrogen-bond acceptors (Lipinski definition) is 2. The van der Waals surface area contributed by atoms with Crippen LogP contribution in [0.4, 0.5) is 0 Å². The average molecular weight is 280 g/mol. The van der Waals surface area contributed by atoms with Crippen LogP contribution in [0.25, 0.3) is 22.3 Å². The third kappa shape index (κ3) is 1.70. The molecule has 2 aromatic heterocycles. The maximum atomic E-state index is 12.3. The monoisotopic (exact) mass is 280 g/mol. The lowest BCUT2D eigenvalue weighted by Gasteiger charge is -2.12. The molecule has 0 spiro atoms. The van der Waals surface area contributed by atoms with Crippen molar-refractivity contribution >= 4 is 16.8 Å². The van der Waals surface area contributed by atoms with E-state index in [1.54, 1.807) is 0 Å². The van der Waals surface area contributed by atoms with Crippen LogP contribution >= 0.6 is 0 Å². The summed E-state index contributed by atoms with van der Waals surface area (Å²) in [7, 11) is 0. The standard InChI is InChI=1S/C16H16N4O/c1-2-17-16(21)11-4-3-5-12-13(11)10-7-6-9-8-18-20-14(9)15(10)19-12/h3-5,8,19H,2,6-7H2,1H3,(H,17,21)(H,18,20). The Bertz CT molecular complexity index is 843. The number of aromatic nitrogens is 3. The van der Waals surface area contributed by atoms with Crippen molar-refractivity contribution in [3.63, 3.8) is 0 Å². The predicted octanol–water partition coefficient (Wildman–Crippen LogP) is 2.41. The van der Waals surface area contributed by atoms with E-state index < -0.39 is 0 Å². The first-order chi connectivity index (χ1) is 10.3. The van der Waals surface area contributed by atoms with E-state index in [1.807, 2.05) is 31.3 Å². The molecule has 4 rings (SSSR count). The fourth-order valence-corrected chi connectivity index (χ4v) is 3.20. The number of benzene rings is 1. The normalized spacial score (nSPS) is 13.0. The molecule has 1 aliphatic rings. The first-order valence-corrected chi connectivity index (χ1v) is 7.24. The van der Waals surface area contributed by atoms with Crippen molar-refractivity contribution in [3.8, 4) is 11.4 Å². The number of carbonyl (C=O) groups is 1. The molecular formula is C16H16N4O. The van der Waals surface area contributed by atoms with Crippen LogP contribution < -0.4 is 5.32 Å². The van der Waals surface area contributed by atoms with E-state index in [-0.39, 0.29) is 5.91 Å². The molecule has 1 aromatic carbocycles. The highest BCUT2D eigenvalue weighted by molar-refractivity contribution is 6.09. The number of fused-ring (bicyclic) bond motifs is 5. The quantitative estimate of drug-likeness (QED) is 0.674. The summed E-state index contributed by atoms with van der Waals surface area (Å²) in [5.74, 6) is -0.0136. The van der Waals surface area contributed by atoms with Crippen LogP contribution in [0.1, 0.15) is 28.4 Å². The first kappa shape index (κ1) is 12.2. The summed E-state index contributed by atoms with van der Waals surface area (Å²) < 4.78 is 0. The van der Waals surface area contributed by atoms with E-state index in [4.69, 9.17) is 0 Å². The van der Waals surface area contributed by atoms with Crippen molar-refractivity contribution in [2.24, 2.45) is 0 Å². The van der Waals surface area contributed by atoms with Gasteiger partial charge in [-0.3, -0.25) is 9.89 Å². The molecule has 5 heteroatoms. The van der Waals surface area contributed by atoms with Gasteiger partial charge in [0.05, 0.1) is 17.6 Å². The number of nitrogens with zero attached hydrogens (tertiary/aromatic N) is 1. The molecule has 0 saturated heterocycles. The smallest absolute Gasteiger partial charge is 0.251 e. The van der Waals surface area contributed by atoms with Gasteiger partial charge in [-0.2, -0.15) is 5.10 Å². The Labute approximate surface area is 121 Å². The zero-order chi connectivity index (χ0) is 14.4. The SMILES string of the molecule is CCNC(=O)c1cccc2[nH]c3c(c12)CCc1cn[nH]c1-3. The zero-order valence-corrected chi connectivity index (χ0v) is 11.8. The number of amides is 1. The molecular weight excluding hydrogens is 264 g/mol. The fourth-order valence-electron chi connectivity index (χ4n) is 3.20. The molecule has 0 saturated carbocycles. The van der Waals surface area contributed by atoms with Crippen LogP contribution in [0.15, 0.2) is 24.4 Å². The lowest BCUT2D eigenvalue weighted by Crippen LogP contribution is -2.23. The van der Waals surface area contributed by atoms with Crippen LogP contribution in [0.2, 0.25) is 0 Å². The van der Waals surface area contributed by atoms with Crippen molar-refractivity contribution in [1.29, 1.82) is 0 Å². The lowest BCUT2D eigenvalue weighted by molar-refractivity contribution is 0.0957. The van der Waals surface area contributed by atoms with Crippen molar-refractivity contribution in [3.05, 3.63) is 41.1 Å². The number of hydrogen-bond donors (Lipinski definition) is 3. The van der Waals surface area contributed by atoms with Gasteiger partial charge in [0.2, 0.25) is 0 Å². The van der Waals surface area contributed by atoms with Crippen LogP contribution in [0, 0.1) is 0 Å². The average Bonchev–Trinajstić information content (AvgIpc) is 3.10. The maximum absolute atomic E-state index is 12.3. The van der Waals surface area contributed by atoms with Gasteiger partial charge >= 0.3 is 0 Å². The largest absolute Gasteiger partial charge is 0.353 e. The Balaban J connectivity index is 1.98. The van der Waals surface area contributed by atoms with Crippen LogP contribution in [0.5, 0.6) is 0 Å². The minimum Gasteiger partial charge on any atom is -0.353 e. The maximum Gasteiger partial charge on any atom is 0.251 e. The van der Waals surface area contributed by atoms with E-state index in [1.165, 1.54) is 11.1 Å². The number of rotatable bonds is 2. The fraction of sp³-hybridized carbons (Fsp3) is 0.250. The Kier molecular flexibility index (Phi) is 2.60. The summed E-state index contributed by atoms with van der Waals surface area (Å²) in [5, 5.41) is 11.1. The second kappa shape index (κ2) is 4.48. The molecule has 106 valence electrons. The Morgan fingerprint density at radius 3 is 3.10 bits per heavy atom. The molecule has 21 heavy (non-hydrogen) atoms. The molecule has 0 radical (unpaired) electrons. The van der Waals surface area contributed by atoms with Crippen LogP contribution in [-0.4, -0.2) is 27.6 Å². The second-order valence-electron chi connectivity index (χ2n) is 5.34. The second-order valence-corrected chi connectivity index (χ2v) is 5.34. The highest BCUT2D eigenvalue weighted by Crippen LogP contribution is 2.37. The summed E-state index contributed by atoms with van der Waals surface area (Å²) in [6, 6.07) is 5.83. The predicted molar refractivity (Wildman–Crippen MR) is 81.3 cm³/mol. The van der Waals surface area contributed by atoms with Gasteiger partial charge in [-0.15, -0.1) is 0 Å². The number of H-pyrrole nitrogens is 2.